The van der Waals surface area contributed by atoms with E-state index in [2.05, 4.69) is 37.2 Å². The molecule has 0 aliphatic carbocycles. The minimum atomic E-state index is -0.295. The Hall–Kier alpha value is -3.51. The maximum atomic E-state index is 13.8. The van der Waals surface area contributed by atoms with Gasteiger partial charge in [-0.15, -0.1) is 0 Å². The number of nitriles is 1. The Morgan fingerprint density at radius 1 is 1.24 bits per heavy atom. The van der Waals surface area contributed by atoms with E-state index in [1.54, 1.807) is 29.0 Å². The van der Waals surface area contributed by atoms with E-state index in [1.165, 1.54) is 6.07 Å². The van der Waals surface area contributed by atoms with Gasteiger partial charge in [-0.25, -0.2) is 14.2 Å². The highest BCUT2D eigenvalue weighted by molar-refractivity contribution is 9.10. The zero-order chi connectivity index (χ0) is 25.9. The van der Waals surface area contributed by atoms with Crippen molar-refractivity contribution < 1.29 is 9.18 Å². The number of rotatable bonds is 5. The van der Waals surface area contributed by atoms with Crippen LogP contribution in [0.1, 0.15) is 27.9 Å². The summed E-state index contributed by atoms with van der Waals surface area (Å²) < 4.78 is 16.0. The molecule has 0 saturated carbocycles. The van der Waals surface area contributed by atoms with Gasteiger partial charge in [0.1, 0.15) is 11.0 Å². The minimum absolute atomic E-state index is 0.227. The van der Waals surface area contributed by atoms with Crippen LogP contribution < -0.4 is 5.32 Å². The molecule has 3 heterocycles. The van der Waals surface area contributed by atoms with Crippen LogP contribution in [0, 0.1) is 17.1 Å². The standard InChI is InChI=1S/C28H22BrClFN5O/c29-23-5-3-18(13-24(23)31)2-1-10-35-11-8-26-22(17-35)21-12-19(15-32)4-6-25(21)36(26)28(37)34-16-20-7-9-33-27(30)14-20/h1-7,9,12-14H,8,10-11,16-17H2,(H,34,37). The highest BCUT2D eigenvalue weighted by Crippen LogP contribution is 2.32. The van der Waals surface area contributed by atoms with Crippen LogP contribution >= 0.6 is 27.5 Å². The minimum Gasteiger partial charge on any atom is -0.333 e. The number of amides is 1. The predicted molar refractivity (Wildman–Crippen MR) is 146 cm³/mol. The highest BCUT2D eigenvalue weighted by atomic mass is 79.9. The molecule has 9 heteroatoms. The number of benzene rings is 2. The number of nitrogens with zero attached hydrogens (tertiary/aromatic N) is 4. The fourth-order valence-electron chi connectivity index (χ4n) is 4.63. The van der Waals surface area contributed by atoms with E-state index in [9.17, 15) is 14.4 Å². The summed E-state index contributed by atoms with van der Waals surface area (Å²) in [5.41, 5.74) is 4.97. The second kappa shape index (κ2) is 10.9. The van der Waals surface area contributed by atoms with Crippen molar-refractivity contribution in [2.24, 2.45) is 0 Å². The molecule has 0 fully saturated rings. The van der Waals surface area contributed by atoms with E-state index in [4.69, 9.17) is 11.6 Å². The molecule has 6 nitrogen and oxygen atoms in total. The van der Waals surface area contributed by atoms with E-state index < -0.39 is 0 Å². The third-order valence-corrected chi connectivity index (χ3v) is 7.26. The van der Waals surface area contributed by atoms with Crippen molar-refractivity contribution in [3.63, 3.8) is 0 Å². The number of pyridine rings is 1. The summed E-state index contributed by atoms with van der Waals surface area (Å²) in [5, 5.41) is 13.7. The predicted octanol–water partition coefficient (Wildman–Crippen LogP) is 6.29. The van der Waals surface area contributed by atoms with Crippen LogP contribution in [0.4, 0.5) is 9.18 Å². The maximum absolute atomic E-state index is 13.8. The molecule has 2 aromatic heterocycles. The molecule has 0 spiro atoms. The summed E-state index contributed by atoms with van der Waals surface area (Å²) in [4.78, 5) is 19.6. The van der Waals surface area contributed by atoms with Crippen LogP contribution in [-0.4, -0.2) is 33.6 Å². The van der Waals surface area contributed by atoms with Gasteiger partial charge in [0.2, 0.25) is 0 Å². The lowest BCUT2D eigenvalue weighted by Gasteiger charge is -2.27. The fourth-order valence-corrected chi connectivity index (χ4v) is 5.08. The van der Waals surface area contributed by atoms with Gasteiger partial charge >= 0.3 is 6.03 Å². The zero-order valence-electron chi connectivity index (χ0n) is 19.7. The molecule has 4 aromatic rings. The molecule has 0 saturated heterocycles. The molecule has 5 rings (SSSR count). The first-order valence-corrected chi connectivity index (χ1v) is 12.9. The van der Waals surface area contributed by atoms with E-state index in [1.807, 2.05) is 36.4 Å². The van der Waals surface area contributed by atoms with E-state index in [-0.39, 0.29) is 11.8 Å². The van der Waals surface area contributed by atoms with Gasteiger partial charge in [-0.05, 0) is 75.1 Å². The molecule has 1 aliphatic heterocycles. The Morgan fingerprint density at radius 3 is 2.89 bits per heavy atom. The summed E-state index contributed by atoms with van der Waals surface area (Å²) >= 11 is 9.15. The monoisotopic (exact) mass is 577 g/mol. The van der Waals surface area contributed by atoms with E-state index >= 15 is 0 Å². The Balaban J connectivity index is 1.39. The van der Waals surface area contributed by atoms with Crippen molar-refractivity contribution in [2.45, 2.75) is 19.5 Å². The fraction of sp³-hybridized carbons (Fsp3) is 0.179. The van der Waals surface area contributed by atoms with Crippen LogP contribution in [-0.2, 0) is 19.5 Å². The van der Waals surface area contributed by atoms with Gasteiger partial charge in [0.05, 0.1) is 21.6 Å². The van der Waals surface area contributed by atoms with Crippen LogP contribution in [0.25, 0.3) is 17.0 Å². The van der Waals surface area contributed by atoms with Gasteiger partial charge in [0, 0.05) is 49.9 Å². The Morgan fingerprint density at radius 2 is 2.11 bits per heavy atom. The molecular formula is C28H22BrClFN5O. The van der Waals surface area contributed by atoms with Crippen LogP contribution in [0.5, 0.6) is 0 Å². The number of hydrogen-bond donors (Lipinski definition) is 1. The third kappa shape index (κ3) is 5.44. The van der Waals surface area contributed by atoms with Crippen LogP contribution in [0.15, 0.2) is 65.3 Å². The number of nitrogens with one attached hydrogen (secondary N) is 1. The summed E-state index contributed by atoms with van der Waals surface area (Å²) in [6.45, 7) is 2.40. The summed E-state index contributed by atoms with van der Waals surface area (Å²) in [6, 6.07) is 16.0. The largest absolute Gasteiger partial charge is 0.333 e. The lowest BCUT2D eigenvalue weighted by atomic mass is 10.0. The van der Waals surface area contributed by atoms with Gasteiger partial charge in [0.15, 0.2) is 0 Å². The lowest BCUT2D eigenvalue weighted by molar-refractivity contribution is 0.240. The van der Waals surface area contributed by atoms with Crippen molar-refractivity contribution in [3.8, 4) is 6.07 Å². The van der Waals surface area contributed by atoms with Gasteiger partial charge < -0.3 is 5.32 Å². The van der Waals surface area contributed by atoms with Crippen molar-refractivity contribution in [3.05, 3.63) is 104 Å². The average Bonchev–Trinajstić information content (AvgIpc) is 3.22. The van der Waals surface area contributed by atoms with Crippen molar-refractivity contribution >= 4 is 50.5 Å². The molecule has 186 valence electrons. The maximum Gasteiger partial charge on any atom is 0.326 e. The quantitative estimate of drug-likeness (QED) is 0.282. The van der Waals surface area contributed by atoms with Gasteiger partial charge in [-0.3, -0.25) is 9.47 Å². The molecule has 1 amide bonds. The molecule has 0 atom stereocenters. The molecule has 1 aliphatic rings. The second-order valence-corrected chi connectivity index (χ2v) is 10.1. The Bertz CT molecular complexity index is 1580. The number of fused-ring (bicyclic) bond motifs is 3. The number of halogens is 3. The normalized spacial score (nSPS) is 13.6. The number of carbonyl (C=O) groups is 1. The average molecular weight is 579 g/mol. The van der Waals surface area contributed by atoms with Gasteiger partial charge in [0.25, 0.3) is 0 Å². The number of carbonyl (C=O) groups excluding carboxylic acids is 1. The number of hydrogen-bond acceptors (Lipinski definition) is 4. The van der Waals surface area contributed by atoms with Crippen molar-refractivity contribution in [1.82, 2.24) is 19.8 Å². The molecule has 1 N–H and O–H groups in total. The SMILES string of the molecule is N#Cc1ccc2c(c1)c1c(n2C(=O)NCc2ccnc(Cl)c2)CCN(CC=Cc2ccc(Br)c(F)c2)C1. The molecule has 0 unspecified atom stereocenters. The Kier molecular flexibility index (Phi) is 7.38. The van der Waals surface area contributed by atoms with Gasteiger partial charge in [-0.1, -0.05) is 29.8 Å². The first kappa shape index (κ1) is 25.2. The van der Waals surface area contributed by atoms with Crippen molar-refractivity contribution in [2.75, 3.05) is 13.1 Å². The van der Waals surface area contributed by atoms with Crippen molar-refractivity contribution in [1.29, 1.82) is 5.26 Å². The van der Waals surface area contributed by atoms with Crippen LogP contribution in [0.2, 0.25) is 5.15 Å². The summed E-state index contributed by atoms with van der Waals surface area (Å²) in [5.74, 6) is -0.295. The number of aromatic nitrogens is 2. The van der Waals surface area contributed by atoms with E-state index in [0.29, 0.717) is 41.2 Å². The summed E-state index contributed by atoms with van der Waals surface area (Å²) in [7, 11) is 0. The molecule has 0 bridgehead atoms. The third-order valence-electron chi connectivity index (χ3n) is 6.41. The van der Waals surface area contributed by atoms with Gasteiger partial charge in [-0.2, -0.15) is 5.26 Å². The zero-order valence-corrected chi connectivity index (χ0v) is 22.1. The molecule has 37 heavy (non-hydrogen) atoms. The van der Waals surface area contributed by atoms with E-state index in [0.717, 1.165) is 39.8 Å². The highest BCUT2D eigenvalue weighted by Gasteiger charge is 2.26. The Labute approximate surface area is 227 Å². The molecule has 2 aromatic carbocycles. The lowest BCUT2D eigenvalue weighted by Crippen LogP contribution is -2.34. The molecule has 0 radical (unpaired) electrons. The first-order chi connectivity index (χ1) is 17.9. The van der Waals surface area contributed by atoms with Crippen LogP contribution in [0.3, 0.4) is 0 Å². The summed E-state index contributed by atoms with van der Waals surface area (Å²) in [6.07, 6.45) is 6.21. The first-order valence-electron chi connectivity index (χ1n) is 11.7. The second-order valence-electron chi connectivity index (χ2n) is 8.81. The smallest absolute Gasteiger partial charge is 0.326 e. The molecular weight excluding hydrogens is 557 g/mol. The topological polar surface area (TPSA) is 74.0 Å².